The van der Waals surface area contributed by atoms with Gasteiger partial charge in [-0.3, -0.25) is 14.5 Å². The molecular formula is C21H21F4N5O2. The summed E-state index contributed by atoms with van der Waals surface area (Å²) in [7, 11) is 1.22. The lowest BCUT2D eigenvalue weighted by atomic mass is 10.0. The van der Waals surface area contributed by atoms with Crippen molar-refractivity contribution in [3.63, 3.8) is 0 Å². The van der Waals surface area contributed by atoms with Crippen LogP contribution in [-0.4, -0.2) is 25.7 Å². The van der Waals surface area contributed by atoms with E-state index in [4.69, 9.17) is 10.2 Å². The lowest BCUT2D eigenvalue weighted by Gasteiger charge is -2.05. The second kappa shape index (κ2) is 8.36. The minimum absolute atomic E-state index is 0.271. The lowest BCUT2D eigenvalue weighted by molar-refractivity contribution is -0.141. The summed E-state index contributed by atoms with van der Waals surface area (Å²) in [4.78, 5) is 19.2. The van der Waals surface area contributed by atoms with Crippen molar-refractivity contribution in [3.8, 4) is 11.5 Å². The molecule has 1 fully saturated rings. The highest BCUT2D eigenvalue weighted by atomic mass is 19.4. The van der Waals surface area contributed by atoms with Crippen molar-refractivity contribution in [3.05, 3.63) is 52.7 Å². The molecule has 0 aromatic carbocycles. The molecule has 1 saturated carbocycles. The van der Waals surface area contributed by atoms with E-state index in [0.717, 1.165) is 60.4 Å². The molecule has 3 aromatic rings. The summed E-state index contributed by atoms with van der Waals surface area (Å²) < 4.78 is 56.5. The molecule has 0 aliphatic heterocycles. The third-order valence-electron chi connectivity index (χ3n) is 5.37. The van der Waals surface area contributed by atoms with Crippen molar-refractivity contribution >= 4 is 5.91 Å². The number of carbonyl (C=O) groups is 1. The highest BCUT2D eigenvalue weighted by Crippen LogP contribution is 2.40. The zero-order chi connectivity index (χ0) is 23.0. The first-order valence-electron chi connectivity index (χ1n) is 10.2. The van der Waals surface area contributed by atoms with Crippen molar-refractivity contribution in [2.45, 2.75) is 50.6 Å². The highest BCUT2D eigenvalue weighted by Gasteiger charge is 2.35. The first-order valence-corrected chi connectivity index (χ1v) is 10.2. The SMILES string of the molecule is Cn1nc(C(F)(F)F)cc1C(N)=O.Fc1cnc(C2CC2)cc1-c1nc2c(o1)CCCC2. The van der Waals surface area contributed by atoms with E-state index in [1.165, 1.54) is 13.2 Å². The van der Waals surface area contributed by atoms with Gasteiger partial charge in [-0.15, -0.1) is 0 Å². The van der Waals surface area contributed by atoms with E-state index < -0.39 is 17.8 Å². The Morgan fingerprint density at radius 2 is 1.94 bits per heavy atom. The molecular weight excluding hydrogens is 430 g/mol. The number of aromatic nitrogens is 4. The Kier molecular flexibility index (Phi) is 5.74. The fourth-order valence-corrected chi connectivity index (χ4v) is 3.52. The highest BCUT2D eigenvalue weighted by molar-refractivity contribution is 5.91. The zero-order valence-corrected chi connectivity index (χ0v) is 17.2. The summed E-state index contributed by atoms with van der Waals surface area (Å²) in [6.07, 6.45) is 3.20. The number of primary amides is 1. The van der Waals surface area contributed by atoms with E-state index in [-0.39, 0.29) is 11.5 Å². The number of amides is 1. The number of pyridine rings is 1. The van der Waals surface area contributed by atoms with Gasteiger partial charge in [0.05, 0.1) is 17.5 Å². The summed E-state index contributed by atoms with van der Waals surface area (Å²) in [6, 6.07) is 2.42. The molecule has 0 saturated heterocycles. The van der Waals surface area contributed by atoms with Crippen LogP contribution >= 0.6 is 0 Å². The lowest BCUT2D eigenvalue weighted by Crippen LogP contribution is -2.15. The average molecular weight is 451 g/mol. The number of rotatable bonds is 3. The van der Waals surface area contributed by atoms with E-state index in [1.807, 2.05) is 6.07 Å². The van der Waals surface area contributed by atoms with Crippen LogP contribution < -0.4 is 5.73 Å². The van der Waals surface area contributed by atoms with E-state index in [9.17, 15) is 22.4 Å². The summed E-state index contributed by atoms with van der Waals surface area (Å²) in [5.41, 5.74) is 5.85. The third-order valence-corrected chi connectivity index (χ3v) is 5.37. The molecule has 0 atom stereocenters. The predicted molar refractivity (Wildman–Crippen MR) is 105 cm³/mol. The zero-order valence-electron chi connectivity index (χ0n) is 17.2. The molecule has 32 heavy (non-hydrogen) atoms. The van der Waals surface area contributed by atoms with Gasteiger partial charge in [-0.25, -0.2) is 9.37 Å². The molecule has 0 spiro atoms. The Morgan fingerprint density at radius 1 is 1.22 bits per heavy atom. The summed E-state index contributed by atoms with van der Waals surface area (Å²) in [6.45, 7) is 0. The third kappa shape index (κ3) is 4.66. The van der Waals surface area contributed by atoms with Crippen LogP contribution in [0, 0.1) is 5.82 Å². The van der Waals surface area contributed by atoms with Gasteiger partial charge in [0.1, 0.15) is 11.5 Å². The summed E-state index contributed by atoms with van der Waals surface area (Å²) in [5.74, 6) is 0.580. The molecule has 0 unspecified atom stereocenters. The van der Waals surface area contributed by atoms with E-state index in [1.54, 1.807) is 0 Å². The van der Waals surface area contributed by atoms with Crippen molar-refractivity contribution in [2.75, 3.05) is 0 Å². The summed E-state index contributed by atoms with van der Waals surface area (Å²) >= 11 is 0. The van der Waals surface area contributed by atoms with Gasteiger partial charge in [0, 0.05) is 31.1 Å². The molecule has 11 heteroatoms. The molecule has 0 radical (unpaired) electrons. The van der Waals surface area contributed by atoms with Crippen LogP contribution in [0.3, 0.4) is 0 Å². The second-order valence-electron chi connectivity index (χ2n) is 7.86. The van der Waals surface area contributed by atoms with Gasteiger partial charge >= 0.3 is 6.18 Å². The molecule has 2 N–H and O–H groups in total. The molecule has 2 aliphatic rings. The van der Waals surface area contributed by atoms with Gasteiger partial charge in [0.15, 0.2) is 11.5 Å². The van der Waals surface area contributed by atoms with Crippen LogP contribution in [0.25, 0.3) is 11.5 Å². The van der Waals surface area contributed by atoms with Gasteiger partial charge in [0.25, 0.3) is 5.91 Å². The fraction of sp³-hybridized carbons (Fsp3) is 0.429. The van der Waals surface area contributed by atoms with Gasteiger partial charge in [-0.2, -0.15) is 18.3 Å². The molecule has 3 aromatic heterocycles. The van der Waals surface area contributed by atoms with Crippen molar-refractivity contribution in [1.82, 2.24) is 19.7 Å². The van der Waals surface area contributed by atoms with Crippen molar-refractivity contribution in [2.24, 2.45) is 12.8 Å². The predicted octanol–water partition coefficient (Wildman–Crippen LogP) is 4.17. The number of nitrogens with zero attached hydrogens (tertiary/aromatic N) is 4. The average Bonchev–Trinajstić information content (AvgIpc) is 3.35. The largest absolute Gasteiger partial charge is 0.441 e. The monoisotopic (exact) mass is 451 g/mol. The fourth-order valence-electron chi connectivity index (χ4n) is 3.52. The topological polar surface area (TPSA) is 99.8 Å². The van der Waals surface area contributed by atoms with Crippen LogP contribution in [0.5, 0.6) is 0 Å². The van der Waals surface area contributed by atoms with Crippen molar-refractivity contribution < 1.29 is 26.8 Å². The van der Waals surface area contributed by atoms with Gasteiger partial charge in [0.2, 0.25) is 5.89 Å². The normalized spacial score (nSPS) is 15.7. The molecule has 3 heterocycles. The van der Waals surface area contributed by atoms with Crippen LogP contribution in [0.1, 0.15) is 64.9 Å². The number of carbonyl (C=O) groups excluding carboxylic acids is 1. The first kappa shape index (κ1) is 22.0. The van der Waals surface area contributed by atoms with Crippen LogP contribution in [0.2, 0.25) is 0 Å². The standard InChI is InChI=1S/C15H15FN2O.C6H6F3N3O/c16-11-8-17-13(9-5-6-9)7-10(11)15-18-12-3-1-2-4-14(12)19-15;1-12-3(5(10)13)2-4(11-12)6(7,8)9/h7-9H,1-6H2;2H,1H3,(H2,10,13). The molecule has 7 nitrogen and oxygen atoms in total. The Hall–Kier alpha value is -3.24. The Labute approximate surface area is 180 Å². The van der Waals surface area contributed by atoms with Gasteiger partial charge in [-0.1, -0.05) is 0 Å². The van der Waals surface area contributed by atoms with Crippen molar-refractivity contribution in [1.29, 1.82) is 0 Å². The molecule has 2 aliphatic carbocycles. The van der Waals surface area contributed by atoms with Crippen LogP contribution in [0.4, 0.5) is 17.6 Å². The number of hydrogen-bond acceptors (Lipinski definition) is 5. The second-order valence-corrected chi connectivity index (χ2v) is 7.86. The van der Waals surface area contributed by atoms with E-state index in [2.05, 4.69) is 15.1 Å². The van der Waals surface area contributed by atoms with Gasteiger partial charge in [-0.05, 0) is 38.2 Å². The molecule has 5 rings (SSSR count). The van der Waals surface area contributed by atoms with E-state index >= 15 is 0 Å². The Balaban J connectivity index is 0.000000166. The molecule has 170 valence electrons. The van der Waals surface area contributed by atoms with Gasteiger partial charge < -0.3 is 10.2 Å². The molecule has 0 bridgehead atoms. The Morgan fingerprint density at radius 3 is 2.50 bits per heavy atom. The maximum absolute atomic E-state index is 13.9. The minimum Gasteiger partial charge on any atom is -0.441 e. The van der Waals surface area contributed by atoms with Crippen LogP contribution in [0.15, 0.2) is 22.7 Å². The maximum atomic E-state index is 13.9. The number of aryl methyl sites for hydroxylation is 3. The van der Waals surface area contributed by atoms with Crippen LogP contribution in [-0.2, 0) is 26.1 Å². The minimum atomic E-state index is -4.55. The quantitative estimate of drug-likeness (QED) is 0.603. The van der Waals surface area contributed by atoms with E-state index in [0.29, 0.717) is 23.4 Å². The maximum Gasteiger partial charge on any atom is 0.435 e. The molecule has 1 amide bonds. The summed E-state index contributed by atoms with van der Waals surface area (Å²) in [5, 5.41) is 3.09. The number of oxazole rings is 1. The smallest absolute Gasteiger partial charge is 0.435 e. The number of fused-ring (bicyclic) bond motifs is 1. The number of hydrogen-bond donors (Lipinski definition) is 1. The first-order chi connectivity index (χ1) is 15.1. The Bertz CT molecular complexity index is 1120. The number of alkyl halides is 3. The number of nitrogens with two attached hydrogens (primary N) is 1. The number of halogens is 4.